The van der Waals surface area contributed by atoms with E-state index in [1.165, 1.54) is 0 Å². The molecule has 2 aromatic rings. The zero-order valence-electron chi connectivity index (χ0n) is 12.3. The van der Waals surface area contributed by atoms with E-state index >= 15 is 0 Å². The van der Waals surface area contributed by atoms with Crippen molar-refractivity contribution in [2.75, 3.05) is 6.54 Å². The molecule has 1 aromatic heterocycles. The third kappa shape index (κ3) is 3.81. The Morgan fingerprint density at radius 3 is 2.85 bits per heavy atom. The van der Waals surface area contributed by atoms with Gasteiger partial charge in [-0.15, -0.1) is 0 Å². The van der Waals surface area contributed by atoms with Crippen LogP contribution in [-0.4, -0.2) is 16.7 Å². The third-order valence-corrected chi connectivity index (χ3v) is 2.95. The standard InChI is InChI=1S/C15H21N3O2/c1-4-8-16-9-13-7-5-6-11(2)15(13)19-10-14-17-12(3)18-20-14/h5-7,16H,4,8-10H2,1-3H3. The molecule has 5 heteroatoms. The summed E-state index contributed by atoms with van der Waals surface area (Å²) in [5.74, 6) is 2.02. The van der Waals surface area contributed by atoms with Crippen molar-refractivity contribution >= 4 is 0 Å². The van der Waals surface area contributed by atoms with E-state index in [0.29, 0.717) is 18.3 Å². The van der Waals surface area contributed by atoms with E-state index in [1.54, 1.807) is 6.92 Å². The Balaban J connectivity index is 2.04. The zero-order chi connectivity index (χ0) is 14.4. The van der Waals surface area contributed by atoms with Gasteiger partial charge in [0.2, 0.25) is 0 Å². The highest BCUT2D eigenvalue weighted by Crippen LogP contribution is 2.24. The van der Waals surface area contributed by atoms with Crippen LogP contribution in [0.1, 0.15) is 36.2 Å². The number of hydrogen-bond donors (Lipinski definition) is 1. The molecule has 0 fully saturated rings. The van der Waals surface area contributed by atoms with E-state index in [-0.39, 0.29) is 0 Å². The fraction of sp³-hybridized carbons (Fsp3) is 0.467. The van der Waals surface area contributed by atoms with Gasteiger partial charge in [0.1, 0.15) is 5.75 Å². The minimum absolute atomic E-state index is 0.298. The molecule has 0 saturated heterocycles. The molecule has 2 rings (SSSR count). The van der Waals surface area contributed by atoms with Crippen molar-refractivity contribution in [3.8, 4) is 5.75 Å². The first-order valence-electron chi connectivity index (χ1n) is 6.92. The summed E-state index contributed by atoms with van der Waals surface area (Å²) in [6, 6.07) is 6.16. The Labute approximate surface area is 119 Å². The lowest BCUT2D eigenvalue weighted by Gasteiger charge is -2.13. The number of rotatable bonds is 7. The lowest BCUT2D eigenvalue weighted by Crippen LogP contribution is -2.15. The minimum Gasteiger partial charge on any atom is -0.483 e. The van der Waals surface area contributed by atoms with Gasteiger partial charge < -0.3 is 14.6 Å². The molecule has 0 aliphatic rings. The summed E-state index contributed by atoms with van der Waals surface area (Å²) >= 11 is 0. The molecule has 0 radical (unpaired) electrons. The highest BCUT2D eigenvalue weighted by atomic mass is 16.5. The molecular formula is C15H21N3O2. The van der Waals surface area contributed by atoms with Crippen molar-refractivity contribution < 1.29 is 9.26 Å². The van der Waals surface area contributed by atoms with Crippen LogP contribution in [-0.2, 0) is 13.2 Å². The van der Waals surface area contributed by atoms with Crippen LogP contribution >= 0.6 is 0 Å². The van der Waals surface area contributed by atoms with E-state index < -0.39 is 0 Å². The molecule has 0 atom stereocenters. The van der Waals surface area contributed by atoms with Gasteiger partial charge in [-0.3, -0.25) is 0 Å². The lowest BCUT2D eigenvalue weighted by atomic mass is 10.1. The van der Waals surface area contributed by atoms with Gasteiger partial charge in [-0.1, -0.05) is 30.3 Å². The topological polar surface area (TPSA) is 60.2 Å². The summed E-state index contributed by atoms with van der Waals surface area (Å²) in [6.45, 7) is 8.08. The van der Waals surface area contributed by atoms with Gasteiger partial charge in [0, 0.05) is 12.1 Å². The predicted molar refractivity (Wildman–Crippen MR) is 76.5 cm³/mol. The Morgan fingerprint density at radius 2 is 2.15 bits per heavy atom. The van der Waals surface area contributed by atoms with E-state index in [1.807, 2.05) is 19.1 Å². The van der Waals surface area contributed by atoms with Gasteiger partial charge in [-0.25, -0.2) is 0 Å². The van der Waals surface area contributed by atoms with Gasteiger partial charge in [-0.2, -0.15) is 4.98 Å². The predicted octanol–water partition coefficient (Wildman–Crippen LogP) is 2.77. The quantitative estimate of drug-likeness (QED) is 0.787. The van der Waals surface area contributed by atoms with Gasteiger partial charge in [0.05, 0.1) is 0 Å². The van der Waals surface area contributed by atoms with Crippen LogP contribution in [0.3, 0.4) is 0 Å². The van der Waals surface area contributed by atoms with Gasteiger partial charge in [0.25, 0.3) is 5.89 Å². The third-order valence-electron chi connectivity index (χ3n) is 2.95. The van der Waals surface area contributed by atoms with Crippen LogP contribution in [0.25, 0.3) is 0 Å². The van der Waals surface area contributed by atoms with Crippen LogP contribution in [0.5, 0.6) is 5.75 Å². The number of aryl methyl sites for hydroxylation is 2. The SMILES string of the molecule is CCCNCc1cccc(C)c1OCc1nc(C)no1. The van der Waals surface area contributed by atoms with Crippen LogP contribution in [0, 0.1) is 13.8 Å². The first kappa shape index (κ1) is 14.5. The summed E-state index contributed by atoms with van der Waals surface area (Å²) in [6.07, 6.45) is 1.11. The van der Waals surface area contributed by atoms with E-state index in [2.05, 4.69) is 28.4 Å². The largest absolute Gasteiger partial charge is 0.483 e. The number of aromatic nitrogens is 2. The number of ether oxygens (including phenoxy) is 1. The molecule has 1 aromatic carbocycles. The number of para-hydroxylation sites is 1. The lowest BCUT2D eigenvalue weighted by molar-refractivity contribution is 0.239. The molecule has 20 heavy (non-hydrogen) atoms. The normalized spacial score (nSPS) is 10.8. The highest BCUT2D eigenvalue weighted by Gasteiger charge is 2.09. The molecule has 0 unspecified atom stereocenters. The van der Waals surface area contributed by atoms with Gasteiger partial charge in [0.15, 0.2) is 12.4 Å². The summed E-state index contributed by atoms with van der Waals surface area (Å²) in [5, 5.41) is 7.15. The highest BCUT2D eigenvalue weighted by molar-refractivity contribution is 5.40. The first-order chi connectivity index (χ1) is 9.70. The molecule has 108 valence electrons. The average Bonchev–Trinajstić information content (AvgIpc) is 2.84. The second-order valence-corrected chi connectivity index (χ2v) is 4.76. The molecule has 1 heterocycles. The number of hydrogen-bond acceptors (Lipinski definition) is 5. The van der Waals surface area contributed by atoms with Gasteiger partial charge in [-0.05, 0) is 32.4 Å². The fourth-order valence-electron chi connectivity index (χ4n) is 1.99. The maximum atomic E-state index is 5.86. The Morgan fingerprint density at radius 1 is 1.30 bits per heavy atom. The Kier molecular flexibility index (Phi) is 5.12. The summed E-state index contributed by atoms with van der Waals surface area (Å²) < 4.78 is 10.9. The smallest absolute Gasteiger partial charge is 0.264 e. The van der Waals surface area contributed by atoms with Crippen molar-refractivity contribution in [2.45, 2.75) is 40.3 Å². The van der Waals surface area contributed by atoms with E-state index in [9.17, 15) is 0 Å². The van der Waals surface area contributed by atoms with Gasteiger partial charge >= 0.3 is 0 Å². The Bertz CT molecular complexity index is 552. The maximum Gasteiger partial charge on any atom is 0.264 e. The van der Waals surface area contributed by atoms with Crippen molar-refractivity contribution in [1.29, 1.82) is 0 Å². The van der Waals surface area contributed by atoms with E-state index in [0.717, 1.165) is 36.4 Å². The average molecular weight is 275 g/mol. The molecule has 0 bridgehead atoms. The summed E-state index contributed by atoms with van der Waals surface area (Å²) in [5.41, 5.74) is 2.26. The monoisotopic (exact) mass is 275 g/mol. The van der Waals surface area contributed by atoms with Crippen molar-refractivity contribution in [3.63, 3.8) is 0 Å². The first-order valence-corrected chi connectivity index (χ1v) is 6.92. The van der Waals surface area contributed by atoms with Crippen molar-refractivity contribution in [1.82, 2.24) is 15.5 Å². The molecule has 5 nitrogen and oxygen atoms in total. The molecule has 0 amide bonds. The fourth-order valence-corrected chi connectivity index (χ4v) is 1.99. The van der Waals surface area contributed by atoms with Crippen LogP contribution in [0.2, 0.25) is 0 Å². The Hall–Kier alpha value is -1.88. The summed E-state index contributed by atoms with van der Waals surface area (Å²) in [7, 11) is 0. The van der Waals surface area contributed by atoms with E-state index in [4.69, 9.17) is 9.26 Å². The second-order valence-electron chi connectivity index (χ2n) is 4.76. The van der Waals surface area contributed by atoms with Crippen LogP contribution in [0.15, 0.2) is 22.7 Å². The number of nitrogens with one attached hydrogen (secondary N) is 1. The molecule has 0 aliphatic carbocycles. The number of benzene rings is 1. The molecule has 0 saturated carbocycles. The molecule has 0 aliphatic heterocycles. The molecule has 1 N–H and O–H groups in total. The minimum atomic E-state index is 0.298. The maximum absolute atomic E-state index is 5.86. The van der Waals surface area contributed by atoms with Crippen molar-refractivity contribution in [2.24, 2.45) is 0 Å². The number of nitrogens with zero attached hydrogens (tertiary/aromatic N) is 2. The second kappa shape index (κ2) is 7.05. The zero-order valence-corrected chi connectivity index (χ0v) is 12.3. The van der Waals surface area contributed by atoms with Crippen molar-refractivity contribution in [3.05, 3.63) is 41.0 Å². The molecule has 0 spiro atoms. The molecular weight excluding hydrogens is 254 g/mol. The summed E-state index contributed by atoms with van der Waals surface area (Å²) in [4.78, 5) is 4.14. The van der Waals surface area contributed by atoms with Crippen LogP contribution in [0.4, 0.5) is 0 Å². The van der Waals surface area contributed by atoms with Crippen LogP contribution < -0.4 is 10.1 Å².